The third kappa shape index (κ3) is 10.8. The summed E-state index contributed by atoms with van der Waals surface area (Å²) in [6.45, 7) is 16.8. The van der Waals surface area contributed by atoms with Gasteiger partial charge in [-0.3, -0.25) is 4.98 Å². The van der Waals surface area contributed by atoms with E-state index < -0.39 is 0 Å². The Hall–Kier alpha value is -2.95. The second-order valence-electron chi connectivity index (χ2n) is 7.37. The molecule has 156 valence electrons. The highest BCUT2D eigenvalue weighted by Gasteiger charge is 2.06. The number of benzene rings is 1. The molecule has 0 N–H and O–H groups in total. The maximum absolute atomic E-state index is 5.42. The zero-order valence-corrected chi connectivity index (χ0v) is 18.5. The van der Waals surface area contributed by atoms with Crippen LogP contribution in [0.3, 0.4) is 0 Å². The number of pyridine rings is 1. The number of hydrogen-bond donors (Lipinski definition) is 0. The first-order chi connectivity index (χ1) is 13.8. The largest absolute Gasteiger partial charge is 0.489 e. The zero-order valence-electron chi connectivity index (χ0n) is 18.5. The molecule has 0 amide bonds. The lowest BCUT2D eigenvalue weighted by Gasteiger charge is -2.04. The van der Waals surface area contributed by atoms with Crippen molar-refractivity contribution in [1.82, 2.24) is 15.1 Å². The standard InChI is InChI=1S/C11H14O.C9H9N3O.C4H10/c1-9(2)8-12-11-6-4-10(3)5-7-11;1-2-8-11-9(12-13-8)7-5-3-4-6-10-7;1-4(2)3/h4-7H,1,8H2,2-3H3;3-6H,2H2,1H3;4H,1-3H3. The van der Waals surface area contributed by atoms with Crippen molar-refractivity contribution in [2.24, 2.45) is 5.92 Å². The van der Waals surface area contributed by atoms with Gasteiger partial charge in [0.15, 0.2) is 0 Å². The van der Waals surface area contributed by atoms with E-state index in [1.165, 1.54) is 5.56 Å². The van der Waals surface area contributed by atoms with E-state index in [-0.39, 0.29) is 0 Å². The van der Waals surface area contributed by atoms with Gasteiger partial charge in [0.25, 0.3) is 0 Å². The van der Waals surface area contributed by atoms with Gasteiger partial charge < -0.3 is 9.26 Å². The smallest absolute Gasteiger partial charge is 0.226 e. The van der Waals surface area contributed by atoms with Crippen LogP contribution in [-0.4, -0.2) is 21.7 Å². The summed E-state index contributed by atoms with van der Waals surface area (Å²) < 4.78 is 10.4. The molecule has 2 aromatic heterocycles. The Balaban J connectivity index is 0.000000247. The second kappa shape index (κ2) is 13.3. The van der Waals surface area contributed by atoms with Crippen molar-refractivity contribution in [3.63, 3.8) is 0 Å². The van der Waals surface area contributed by atoms with Crippen LogP contribution < -0.4 is 4.74 Å². The summed E-state index contributed by atoms with van der Waals surface area (Å²) in [5.41, 5.74) is 3.03. The van der Waals surface area contributed by atoms with Gasteiger partial charge in [-0.2, -0.15) is 4.98 Å². The van der Waals surface area contributed by atoms with E-state index in [9.17, 15) is 0 Å². The fourth-order valence-corrected chi connectivity index (χ4v) is 1.84. The normalized spacial score (nSPS) is 9.76. The summed E-state index contributed by atoms with van der Waals surface area (Å²) in [4.78, 5) is 8.27. The lowest BCUT2D eigenvalue weighted by atomic mass is 10.2. The first-order valence-corrected chi connectivity index (χ1v) is 9.89. The number of rotatable bonds is 5. The Bertz CT molecular complexity index is 822. The number of nitrogens with zero attached hydrogens (tertiary/aromatic N) is 3. The van der Waals surface area contributed by atoms with Gasteiger partial charge in [-0.15, -0.1) is 0 Å². The molecule has 0 aliphatic carbocycles. The quantitative estimate of drug-likeness (QED) is 0.474. The van der Waals surface area contributed by atoms with Crippen molar-refractivity contribution in [2.75, 3.05) is 6.61 Å². The van der Waals surface area contributed by atoms with E-state index in [2.05, 4.69) is 49.4 Å². The maximum Gasteiger partial charge on any atom is 0.226 e. The van der Waals surface area contributed by atoms with Crippen LogP contribution in [0.5, 0.6) is 5.75 Å². The molecule has 3 aromatic rings. The number of hydrogen-bond acceptors (Lipinski definition) is 5. The van der Waals surface area contributed by atoms with Crippen LogP contribution in [0.2, 0.25) is 0 Å². The topological polar surface area (TPSA) is 61.0 Å². The predicted octanol–water partition coefficient (Wildman–Crippen LogP) is 6.31. The molecule has 0 bridgehead atoms. The van der Waals surface area contributed by atoms with Crippen molar-refractivity contribution < 1.29 is 9.26 Å². The van der Waals surface area contributed by atoms with Crippen LogP contribution in [0, 0.1) is 12.8 Å². The molecule has 5 heteroatoms. The van der Waals surface area contributed by atoms with Crippen molar-refractivity contribution >= 4 is 0 Å². The fraction of sp³-hybridized carbons (Fsp3) is 0.375. The molecule has 0 saturated carbocycles. The summed E-state index contributed by atoms with van der Waals surface area (Å²) >= 11 is 0. The lowest BCUT2D eigenvalue weighted by Crippen LogP contribution is -1.96. The van der Waals surface area contributed by atoms with E-state index in [0.29, 0.717) is 18.3 Å². The second-order valence-corrected chi connectivity index (χ2v) is 7.37. The number of aromatic nitrogens is 3. The van der Waals surface area contributed by atoms with E-state index >= 15 is 0 Å². The Kier molecular flexibility index (Phi) is 11.0. The summed E-state index contributed by atoms with van der Waals surface area (Å²) in [5.74, 6) is 2.93. The molecule has 0 unspecified atom stereocenters. The average Bonchev–Trinajstić information content (AvgIpc) is 3.18. The van der Waals surface area contributed by atoms with Gasteiger partial charge in [0, 0.05) is 12.6 Å². The van der Waals surface area contributed by atoms with Crippen LogP contribution in [-0.2, 0) is 6.42 Å². The fourth-order valence-electron chi connectivity index (χ4n) is 1.84. The first kappa shape index (κ1) is 24.1. The van der Waals surface area contributed by atoms with Crippen LogP contribution in [0.15, 0.2) is 65.3 Å². The molecule has 3 rings (SSSR count). The summed E-state index contributed by atoms with van der Waals surface area (Å²) in [7, 11) is 0. The third-order valence-electron chi connectivity index (χ3n) is 3.17. The van der Waals surface area contributed by atoms with Crippen LogP contribution in [0.25, 0.3) is 11.5 Å². The summed E-state index contributed by atoms with van der Waals surface area (Å²) in [5, 5.41) is 3.81. The predicted molar refractivity (Wildman–Crippen MR) is 119 cm³/mol. The molecular weight excluding hydrogens is 362 g/mol. The average molecular weight is 396 g/mol. The first-order valence-electron chi connectivity index (χ1n) is 9.89. The highest BCUT2D eigenvalue weighted by atomic mass is 16.5. The van der Waals surface area contributed by atoms with E-state index in [1.807, 2.05) is 56.3 Å². The van der Waals surface area contributed by atoms with Crippen molar-refractivity contribution in [3.05, 3.63) is 72.3 Å². The molecule has 0 saturated heterocycles. The van der Waals surface area contributed by atoms with Crippen molar-refractivity contribution in [1.29, 1.82) is 0 Å². The Morgan fingerprint density at radius 3 is 2.24 bits per heavy atom. The Morgan fingerprint density at radius 2 is 1.76 bits per heavy atom. The van der Waals surface area contributed by atoms with Gasteiger partial charge in [0.05, 0.1) is 0 Å². The summed E-state index contributed by atoms with van der Waals surface area (Å²) in [6.07, 6.45) is 2.46. The molecule has 29 heavy (non-hydrogen) atoms. The molecule has 2 heterocycles. The minimum Gasteiger partial charge on any atom is -0.489 e. The van der Waals surface area contributed by atoms with Crippen LogP contribution in [0.1, 0.15) is 46.1 Å². The molecule has 0 fully saturated rings. The van der Waals surface area contributed by atoms with E-state index in [0.717, 1.165) is 29.4 Å². The zero-order chi connectivity index (χ0) is 21.6. The van der Waals surface area contributed by atoms with Crippen LogP contribution >= 0.6 is 0 Å². The van der Waals surface area contributed by atoms with Crippen molar-refractivity contribution in [3.8, 4) is 17.3 Å². The highest BCUT2D eigenvalue weighted by Crippen LogP contribution is 2.12. The SMILES string of the molecule is C=C(C)COc1ccc(C)cc1.CC(C)C.CCc1nc(-c2ccccn2)no1. The highest BCUT2D eigenvalue weighted by molar-refractivity contribution is 5.46. The van der Waals surface area contributed by atoms with Crippen LogP contribution in [0.4, 0.5) is 0 Å². The van der Waals surface area contributed by atoms with Gasteiger partial charge >= 0.3 is 0 Å². The Morgan fingerprint density at radius 1 is 1.10 bits per heavy atom. The van der Waals surface area contributed by atoms with E-state index in [1.54, 1.807) is 6.20 Å². The Labute approximate surface area is 174 Å². The third-order valence-corrected chi connectivity index (χ3v) is 3.17. The lowest BCUT2D eigenvalue weighted by molar-refractivity contribution is 0.352. The molecular formula is C24H33N3O2. The number of ether oxygens (including phenoxy) is 1. The minimum atomic E-state index is 0.553. The van der Waals surface area contributed by atoms with Gasteiger partial charge in [-0.05, 0) is 49.6 Å². The van der Waals surface area contributed by atoms with Gasteiger partial charge in [-0.1, -0.05) is 63.2 Å². The van der Waals surface area contributed by atoms with Gasteiger partial charge in [0.2, 0.25) is 11.7 Å². The maximum atomic E-state index is 5.42. The molecule has 0 spiro atoms. The van der Waals surface area contributed by atoms with Gasteiger partial charge in [-0.25, -0.2) is 0 Å². The molecule has 1 aromatic carbocycles. The monoisotopic (exact) mass is 395 g/mol. The molecule has 0 aliphatic heterocycles. The summed E-state index contributed by atoms with van der Waals surface area (Å²) in [6, 6.07) is 13.6. The van der Waals surface area contributed by atoms with Gasteiger partial charge in [0.1, 0.15) is 18.1 Å². The minimum absolute atomic E-state index is 0.553. The molecule has 0 atom stereocenters. The van der Waals surface area contributed by atoms with Crippen molar-refractivity contribution in [2.45, 2.75) is 48.0 Å². The number of aryl methyl sites for hydroxylation is 2. The molecule has 0 aliphatic rings. The van der Waals surface area contributed by atoms with E-state index in [4.69, 9.17) is 9.26 Å². The molecule has 0 radical (unpaired) electrons. The molecule has 5 nitrogen and oxygen atoms in total.